The minimum Gasteiger partial charge on any atom is -0.461 e. The highest BCUT2D eigenvalue weighted by molar-refractivity contribution is 6.35. The average Bonchev–Trinajstić information content (AvgIpc) is 3.26. The fourth-order valence-corrected chi connectivity index (χ4v) is 5.90. The number of aromatic nitrogens is 2. The molecule has 1 atom stereocenters. The predicted molar refractivity (Wildman–Crippen MR) is 138 cm³/mol. The quantitative estimate of drug-likeness (QED) is 0.406. The zero-order valence-electron chi connectivity index (χ0n) is 22.4. The number of likely N-dealkylation sites (N-methyl/N-ethyl adjacent to an activating group) is 1. The summed E-state index contributed by atoms with van der Waals surface area (Å²) in [5.41, 5.74) is -2.23. The van der Waals surface area contributed by atoms with E-state index in [1.165, 1.54) is 33.5 Å². The average molecular weight is 555 g/mol. The predicted octanol–water partition coefficient (Wildman–Crippen LogP) is 2.07. The number of fused-ring (bicyclic) bond motifs is 2. The van der Waals surface area contributed by atoms with Crippen LogP contribution in [0, 0.1) is 5.92 Å². The van der Waals surface area contributed by atoms with E-state index in [-0.39, 0.29) is 50.0 Å². The molecule has 40 heavy (non-hydrogen) atoms. The van der Waals surface area contributed by atoms with E-state index >= 15 is 0 Å². The van der Waals surface area contributed by atoms with E-state index in [0.29, 0.717) is 25.7 Å². The van der Waals surface area contributed by atoms with E-state index in [0.717, 1.165) is 0 Å². The first-order valence-electron chi connectivity index (χ1n) is 13.5. The molecule has 0 N–H and O–H groups in total. The third-order valence-corrected chi connectivity index (χ3v) is 8.14. The van der Waals surface area contributed by atoms with Crippen molar-refractivity contribution < 1.29 is 33.0 Å². The Morgan fingerprint density at radius 2 is 1.77 bits per heavy atom. The van der Waals surface area contributed by atoms with Crippen molar-refractivity contribution in [3.05, 3.63) is 57.8 Å². The summed E-state index contributed by atoms with van der Waals surface area (Å²) in [5, 5.41) is 0. The van der Waals surface area contributed by atoms with Crippen LogP contribution in [0.3, 0.4) is 0 Å². The van der Waals surface area contributed by atoms with E-state index in [9.17, 15) is 28.4 Å². The molecule has 212 valence electrons. The standard InChI is InChI=1S/C28H31FN4O7/c1-3-39-26(38)20-21(40-25(37)18-7-5-4-6-8-18)22(34)33-15-17-9-12-28(13-10-17,27(33)30-20)31(2)23(35)24(36)32-14-11-19(29)16-32/h4-8,17,19H,3,9-16H2,1-2H3/t17?,19-,28?/m1/s1. The largest absolute Gasteiger partial charge is 0.461 e. The topological polar surface area (TPSA) is 128 Å². The highest BCUT2D eigenvalue weighted by Gasteiger charge is 2.51. The van der Waals surface area contributed by atoms with Crippen LogP contribution in [-0.2, 0) is 26.4 Å². The lowest BCUT2D eigenvalue weighted by atomic mass is 9.76. The molecular weight excluding hydrogens is 523 g/mol. The molecule has 4 heterocycles. The first-order valence-corrected chi connectivity index (χ1v) is 13.5. The van der Waals surface area contributed by atoms with Gasteiger partial charge < -0.3 is 19.3 Å². The monoisotopic (exact) mass is 554 g/mol. The van der Waals surface area contributed by atoms with Crippen molar-refractivity contribution in [1.82, 2.24) is 19.4 Å². The first kappa shape index (κ1) is 27.5. The number of esters is 2. The first-order chi connectivity index (χ1) is 19.2. The Morgan fingerprint density at radius 1 is 1.07 bits per heavy atom. The van der Waals surface area contributed by atoms with Gasteiger partial charge in [0.05, 0.1) is 18.7 Å². The van der Waals surface area contributed by atoms with Gasteiger partial charge in [0.2, 0.25) is 5.75 Å². The van der Waals surface area contributed by atoms with E-state index in [2.05, 4.69) is 4.98 Å². The van der Waals surface area contributed by atoms with Gasteiger partial charge >= 0.3 is 23.8 Å². The van der Waals surface area contributed by atoms with E-state index < -0.39 is 52.5 Å². The minimum atomic E-state index is -1.18. The molecule has 1 aromatic carbocycles. The van der Waals surface area contributed by atoms with Crippen molar-refractivity contribution in [3.8, 4) is 5.75 Å². The van der Waals surface area contributed by atoms with Crippen LogP contribution in [0.2, 0.25) is 0 Å². The highest BCUT2D eigenvalue weighted by Crippen LogP contribution is 2.46. The lowest BCUT2D eigenvalue weighted by Gasteiger charge is -2.43. The Bertz CT molecular complexity index is 1400. The second-order valence-corrected chi connectivity index (χ2v) is 10.5. The molecule has 12 heteroatoms. The van der Waals surface area contributed by atoms with Crippen LogP contribution in [0.15, 0.2) is 35.1 Å². The Hall–Kier alpha value is -4.09. The minimum absolute atomic E-state index is 0.0174. The van der Waals surface area contributed by atoms with Gasteiger partial charge in [-0.2, -0.15) is 0 Å². The number of ether oxygens (including phenoxy) is 2. The molecule has 0 spiro atoms. The summed E-state index contributed by atoms with van der Waals surface area (Å²) in [4.78, 5) is 73.3. The van der Waals surface area contributed by atoms with Crippen LogP contribution >= 0.6 is 0 Å². The summed E-state index contributed by atoms with van der Waals surface area (Å²) in [7, 11) is 1.47. The second kappa shape index (κ2) is 10.8. The van der Waals surface area contributed by atoms with E-state index in [4.69, 9.17) is 9.47 Å². The Labute approximate surface area is 229 Å². The lowest BCUT2D eigenvalue weighted by Crippen LogP contribution is -2.55. The Morgan fingerprint density at radius 3 is 2.40 bits per heavy atom. The summed E-state index contributed by atoms with van der Waals surface area (Å²) in [5.74, 6) is -3.80. The van der Waals surface area contributed by atoms with Gasteiger partial charge in [-0.3, -0.25) is 19.0 Å². The van der Waals surface area contributed by atoms with Crippen molar-refractivity contribution in [1.29, 1.82) is 0 Å². The number of nitrogens with zero attached hydrogens (tertiary/aromatic N) is 4. The van der Waals surface area contributed by atoms with Crippen molar-refractivity contribution in [2.24, 2.45) is 5.92 Å². The van der Waals surface area contributed by atoms with Crippen molar-refractivity contribution in [2.45, 2.75) is 57.3 Å². The third-order valence-electron chi connectivity index (χ3n) is 8.14. The van der Waals surface area contributed by atoms with Gasteiger partial charge in [-0.15, -0.1) is 0 Å². The molecule has 2 aromatic rings. The van der Waals surface area contributed by atoms with Crippen LogP contribution in [0.5, 0.6) is 5.75 Å². The molecule has 11 nitrogen and oxygen atoms in total. The molecule has 0 radical (unpaired) electrons. The SMILES string of the molecule is CCOC(=O)c1nc2n(c(=O)c1OC(=O)c1ccccc1)CC1CCC2(N(C)C(=O)C(=O)N2CC[C@@H](F)C2)CC1. The van der Waals surface area contributed by atoms with Crippen molar-refractivity contribution in [3.63, 3.8) is 0 Å². The summed E-state index contributed by atoms with van der Waals surface area (Å²) in [6, 6.07) is 8.02. The van der Waals surface area contributed by atoms with Gasteiger partial charge in [-0.25, -0.2) is 19.0 Å². The van der Waals surface area contributed by atoms with Gasteiger partial charge in [0.15, 0.2) is 5.69 Å². The number of hydrogen-bond donors (Lipinski definition) is 0. The third kappa shape index (κ3) is 4.75. The summed E-state index contributed by atoms with van der Waals surface area (Å²) in [6.07, 6.45) is 1.06. The van der Waals surface area contributed by atoms with Crippen molar-refractivity contribution >= 4 is 23.8 Å². The maximum atomic E-state index is 13.9. The van der Waals surface area contributed by atoms with Gasteiger partial charge in [-0.1, -0.05) is 18.2 Å². The molecular formula is C28H31FN4O7. The molecule has 3 aliphatic heterocycles. The number of carbonyl (C=O) groups excluding carboxylic acids is 4. The number of alkyl halides is 1. The van der Waals surface area contributed by atoms with Crippen LogP contribution in [0.4, 0.5) is 4.39 Å². The summed E-state index contributed by atoms with van der Waals surface area (Å²) < 4.78 is 25.7. The van der Waals surface area contributed by atoms with Crippen LogP contribution in [0.25, 0.3) is 0 Å². The molecule has 1 aliphatic carbocycles. The zero-order valence-corrected chi connectivity index (χ0v) is 22.4. The molecule has 2 amide bonds. The molecule has 1 saturated heterocycles. The molecule has 4 aliphatic rings. The molecule has 2 fully saturated rings. The van der Waals surface area contributed by atoms with Crippen LogP contribution in [-0.4, -0.2) is 76.0 Å². The smallest absolute Gasteiger partial charge is 0.361 e. The number of carbonyl (C=O) groups is 4. The summed E-state index contributed by atoms with van der Waals surface area (Å²) in [6.45, 7) is 1.81. The lowest BCUT2D eigenvalue weighted by molar-refractivity contribution is -0.155. The number of likely N-dealkylation sites (tertiary alicyclic amines) is 1. The number of amides is 2. The Balaban J connectivity index is 1.60. The van der Waals surface area contributed by atoms with Crippen LogP contribution in [0.1, 0.15) is 65.7 Å². The number of halogens is 1. The molecule has 1 aromatic heterocycles. The molecule has 1 saturated carbocycles. The number of benzene rings is 1. The second-order valence-electron chi connectivity index (χ2n) is 10.5. The van der Waals surface area contributed by atoms with Crippen molar-refractivity contribution in [2.75, 3.05) is 26.7 Å². The van der Waals surface area contributed by atoms with E-state index in [1.807, 2.05) is 0 Å². The molecule has 0 unspecified atom stereocenters. The number of hydrogen-bond acceptors (Lipinski definition) is 8. The van der Waals surface area contributed by atoms with E-state index in [1.54, 1.807) is 25.1 Å². The zero-order chi connectivity index (χ0) is 28.6. The number of rotatable bonds is 5. The fraction of sp³-hybridized carbons (Fsp3) is 0.500. The maximum Gasteiger partial charge on any atom is 0.361 e. The van der Waals surface area contributed by atoms with Gasteiger partial charge in [0.1, 0.15) is 17.5 Å². The fourth-order valence-electron chi connectivity index (χ4n) is 5.90. The van der Waals surface area contributed by atoms with Gasteiger partial charge in [-0.05, 0) is 57.1 Å². The van der Waals surface area contributed by atoms with Crippen LogP contribution < -0.4 is 10.3 Å². The molecule has 6 rings (SSSR count). The summed E-state index contributed by atoms with van der Waals surface area (Å²) >= 11 is 0. The Kier molecular flexibility index (Phi) is 7.43. The maximum absolute atomic E-state index is 13.9. The highest BCUT2D eigenvalue weighted by atomic mass is 19.1. The normalized spacial score (nSPS) is 23.2. The van der Waals surface area contributed by atoms with Gasteiger partial charge in [0.25, 0.3) is 5.56 Å². The van der Waals surface area contributed by atoms with Gasteiger partial charge in [0, 0.05) is 20.1 Å². The molecule has 2 bridgehead atoms.